The lowest BCUT2D eigenvalue weighted by Gasteiger charge is -2.21. The van der Waals surface area contributed by atoms with Gasteiger partial charge in [0, 0.05) is 19.2 Å². The Labute approximate surface area is 125 Å². The van der Waals surface area contributed by atoms with E-state index in [0.717, 1.165) is 0 Å². The summed E-state index contributed by atoms with van der Waals surface area (Å²) in [5.74, 6) is -0.233. The summed E-state index contributed by atoms with van der Waals surface area (Å²) in [7, 11) is 1.72. The van der Waals surface area contributed by atoms with Gasteiger partial charge in [-0.05, 0) is 18.2 Å². The molecule has 1 aromatic heterocycles. The number of rotatable bonds is 4. The zero-order chi connectivity index (χ0) is 16.2. The molecule has 0 radical (unpaired) electrons. The molecule has 0 amide bonds. The van der Waals surface area contributed by atoms with Crippen LogP contribution in [-0.2, 0) is 6.54 Å². The van der Waals surface area contributed by atoms with Crippen molar-refractivity contribution >= 4 is 5.69 Å². The van der Waals surface area contributed by atoms with E-state index in [9.17, 15) is 13.2 Å². The van der Waals surface area contributed by atoms with Crippen molar-refractivity contribution in [2.75, 3.05) is 11.9 Å². The Morgan fingerprint density at radius 2 is 1.95 bits per heavy atom. The van der Waals surface area contributed by atoms with E-state index in [1.54, 1.807) is 36.2 Å². The van der Waals surface area contributed by atoms with Crippen molar-refractivity contribution in [1.82, 2.24) is 4.98 Å². The fraction of sp³-hybridized carbons (Fsp3) is 0.200. The first kappa shape index (κ1) is 15.6. The molecule has 0 fully saturated rings. The first-order valence-corrected chi connectivity index (χ1v) is 6.30. The normalized spacial score (nSPS) is 10.9. The minimum Gasteiger partial charge on any atom is -0.405 e. The van der Waals surface area contributed by atoms with E-state index in [4.69, 9.17) is 5.26 Å². The van der Waals surface area contributed by atoms with Crippen LogP contribution in [0.15, 0.2) is 42.6 Å². The summed E-state index contributed by atoms with van der Waals surface area (Å²) >= 11 is 0. The van der Waals surface area contributed by atoms with Gasteiger partial charge in [0.15, 0.2) is 0 Å². The van der Waals surface area contributed by atoms with Gasteiger partial charge in [-0.1, -0.05) is 18.2 Å². The third-order valence-electron chi connectivity index (χ3n) is 2.91. The molecule has 1 aromatic carbocycles. The van der Waals surface area contributed by atoms with Crippen molar-refractivity contribution in [2.24, 2.45) is 0 Å². The van der Waals surface area contributed by atoms with Gasteiger partial charge in [0.1, 0.15) is 17.5 Å². The van der Waals surface area contributed by atoms with Crippen molar-refractivity contribution < 1.29 is 17.9 Å². The third-order valence-corrected chi connectivity index (χ3v) is 2.91. The summed E-state index contributed by atoms with van der Waals surface area (Å²) < 4.78 is 41.2. The number of alkyl halides is 3. The van der Waals surface area contributed by atoms with Crippen molar-refractivity contribution in [3.63, 3.8) is 0 Å². The Kier molecular flexibility index (Phi) is 4.51. The molecule has 0 N–H and O–H groups in total. The van der Waals surface area contributed by atoms with E-state index >= 15 is 0 Å². The summed E-state index contributed by atoms with van der Waals surface area (Å²) in [6.45, 7) is 0.208. The summed E-state index contributed by atoms with van der Waals surface area (Å²) in [5.41, 5.74) is 1.35. The highest BCUT2D eigenvalue weighted by atomic mass is 19.4. The molecule has 0 saturated carbocycles. The molecule has 114 valence electrons. The highest BCUT2D eigenvalue weighted by Gasteiger charge is 2.32. The van der Waals surface area contributed by atoms with E-state index in [-0.39, 0.29) is 18.0 Å². The van der Waals surface area contributed by atoms with Gasteiger partial charge >= 0.3 is 6.36 Å². The van der Waals surface area contributed by atoms with Gasteiger partial charge in [0.2, 0.25) is 0 Å². The molecule has 0 aliphatic heterocycles. The molecule has 2 rings (SSSR count). The lowest BCUT2D eigenvalue weighted by Crippen LogP contribution is -2.21. The Morgan fingerprint density at radius 3 is 2.55 bits per heavy atom. The van der Waals surface area contributed by atoms with E-state index in [2.05, 4.69) is 9.72 Å². The lowest BCUT2D eigenvalue weighted by molar-refractivity contribution is -0.274. The molecular formula is C15H12F3N3O. The second-order valence-electron chi connectivity index (χ2n) is 4.53. The summed E-state index contributed by atoms with van der Waals surface area (Å²) in [6.07, 6.45) is -3.24. The number of aromatic nitrogens is 1. The number of nitriles is 1. The minimum absolute atomic E-state index is 0.208. The highest BCUT2D eigenvalue weighted by molar-refractivity contribution is 5.47. The van der Waals surface area contributed by atoms with Crippen molar-refractivity contribution in [1.29, 1.82) is 5.26 Å². The Bertz CT molecular complexity index is 678. The Hall–Kier alpha value is -2.75. The molecule has 0 spiro atoms. The number of pyridine rings is 1. The highest BCUT2D eigenvalue weighted by Crippen LogP contribution is 2.27. The summed E-state index contributed by atoms with van der Waals surface area (Å²) in [6, 6.07) is 11.1. The van der Waals surface area contributed by atoms with Gasteiger partial charge in [0.25, 0.3) is 0 Å². The van der Waals surface area contributed by atoms with Crippen molar-refractivity contribution in [3.8, 4) is 11.8 Å². The number of ether oxygens (including phenoxy) is 1. The molecule has 0 unspecified atom stereocenters. The van der Waals surface area contributed by atoms with Gasteiger partial charge < -0.3 is 9.64 Å². The maximum Gasteiger partial charge on any atom is 0.573 e. The number of hydrogen-bond acceptors (Lipinski definition) is 4. The van der Waals surface area contributed by atoms with Crippen LogP contribution >= 0.6 is 0 Å². The molecule has 22 heavy (non-hydrogen) atoms. The Morgan fingerprint density at radius 1 is 1.23 bits per heavy atom. The second-order valence-corrected chi connectivity index (χ2v) is 4.53. The number of nitrogens with zero attached hydrogens (tertiary/aromatic N) is 3. The Balaban J connectivity index is 2.17. The first-order chi connectivity index (χ1) is 10.4. The number of benzene rings is 1. The molecule has 0 atom stereocenters. The fourth-order valence-corrected chi connectivity index (χ4v) is 1.88. The van der Waals surface area contributed by atoms with Gasteiger partial charge in [-0.15, -0.1) is 13.2 Å². The average Bonchev–Trinajstić information content (AvgIpc) is 2.48. The first-order valence-electron chi connectivity index (χ1n) is 6.30. The van der Waals surface area contributed by atoms with E-state index < -0.39 is 6.36 Å². The minimum atomic E-state index is -4.73. The molecule has 2 aromatic rings. The largest absolute Gasteiger partial charge is 0.573 e. The third kappa shape index (κ3) is 4.12. The SMILES string of the molecule is CN(Cc1ccccc1OC(F)(F)F)c1ccc(C#N)nc1. The average molecular weight is 307 g/mol. The van der Waals surface area contributed by atoms with Crippen LogP contribution in [0.4, 0.5) is 18.9 Å². The van der Waals surface area contributed by atoms with Gasteiger partial charge in [0.05, 0.1) is 11.9 Å². The molecule has 1 heterocycles. The monoisotopic (exact) mass is 307 g/mol. The quantitative estimate of drug-likeness (QED) is 0.867. The molecule has 0 aliphatic rings. The van der Waals surface area contributed by atoms with Gasteiger partial charge in [-0.3, -0.25) is 0 Å². The van der Waals surface area contributed by atoms with E-state index in [0.29, 0.717) is 11.3 Å². The number of hydrogen-bond donors (Lipinski definition) is 0. The van der Waals surface area contributed by atoms with Crippen LogP contribution in [-0.4, -0.2) is 18.4 Å². The van der Waals surface area contributed by atoms with Gasteiger partial charge in [-0.2, -0.15) is 5.26 Å². The second kappa shape index (κ2) is 6.35. The maximum absolute atomic E-state index is 12.4. The molecule has 0 bridgehead atoms. The lowest BCUT2D eigenvalue weighted by atomic mass is 10.2. The van der Waals surface area contributed by atoms with Crippen LogP contribution in [0.2, 0.25) is 0 Å². The van der Waals surface area contributed by atoms with Crippen LogP contribution in [0.1, 0.15) is 11.3 Å². The summed E-state index contributed by atoms with van der Waals surface area (Å²) in [4.78, 5) is 5.64. The van der Waals surface area contributed by atoms with Crippen LogP contribution in [0.25, 0.3) is 0 Å². The maximum atomic E-state index is 12.4. The predicted octanol–water partition coefficient (Wildman–Crippen LogP) is 3.49. The smallest absolute Gasteiger partial charge is 0.405 e. The molecular weight excluding hydrogens is 295 g/mol. The molecule has 7 heteroatoms. The number of para-hydroxylation sites is 1. The van der Waals surface area contributed by atoms with Gasteiger partial charge in [-0.25, -0.2) is 4.98 Å². The fourth-order valence-electron chi connectivity index (χ4n) is 1.88. The van der Waals surface area contributed by atoms with Crippen LogP contribution in [0.3, 0.4) is 0 Å². The topological polar surface area (TPSA) is 49.1 Å². The zero-order valence-electron chi connectivity index (χ0n) is 11.6. The van der Waals surface area contributed by atoms with E-state index in [1.807, 2.05) is 6.07 Å². The van der Waals surface area contributed by atoms with Crippen molar-refractivity contribution in [2.45, 2.75) is 12.9 Å². The van der Waals surface area contributed by atoms with E-state index in [1.165, 1.54) is 18.3 Å². The molecule has 4 nitrogen and oxygen atoms in total. The number of halogens is 3. The van der Waals surface area contributed by atoms with Crippen LogP contribution < -0.4 is 9.64 Å². The van der Waals surface area contributed by atoms with Crippen LogP contribution in [0.5, 0.6) is 5.75 Å². The standard InChI is InChI=1S/C15H12F3N3O/c1-21(13-7-6-12(8-19)20-9-13)10-11-4-2-3-5-14(11)22-15(16,17)18/h2-7,9H,10H2,1H3. The molecule has 0 aliphatic carbocycles. The number of anilines is 1. The summed E-state index contributed by atoms with van der Waals surface area (Å²) in [5, 5.41) is 8.70. The molecule has 0 saturated heterocycles. The van der Waals surface area contributed by atoms with Crippen LogP contribution in [0, 0.1) is 11.3 Å². The van der Waals surface area contributed by atoms with Crippen molar-refractivity contribution in [3.05, 3.63) is 53.9 Å². The zero-order valence-corrected chi connectivity index (χ0v) is 11.6. The predicted molar refractivity (Wildman–Crippen MR) is 74.2 cm³/mol.